The monoisotopic (exact) mass is 561 g/mol. The van der Waals surface area contributed by atoms with Gasteiger partial charge in [-0.05, 0) is 90.2 Å². The predicted octanol–water partition coefficient (Wildman–Crippen LogP) is 5.42. The fourth-order valence-electron chi connectivity index (χ4n) is 4.20. The molecule has 1 aliphatic carbocycles. The third kappa shape index (κ3) is 10.2. The Balaban J connectivity index is 2.33. The van der Waals surface area contributed by atoms with E-state index in [9.17, 15) is 22.7 Å². The van der Waals surface area contributed by atoms with Gasteiger partial charge in [0.25, 0.3) is 0 Å². The number of aliphatic hydroxyl groups is 1. The first-order valence-electron chi connectivity index (χ1n) is 13.0. The minimum Gasteiger partial charge on any atom is -0.487 e. The van der Waals surface area contributed by atoms with E-state index in [1.165, 1.54) is 18.2 Å². The third-order valence-electron chi connectivity index (χ3n) is 5.93. The van der Waals surface area contributed by atoms with Gasteiger partial charge in [0.05, 0.1) is 31.1 Å². The molecule has 1 aromatic rings. The number of hydrogen-bond donors (Lipinski definition) is 1. The third-order valence-corrected chi connectivity index (χ3v) is 8.77. The number of ether oxygens (including phenoxy) is 2. The molecule has 1 unspecified atom stereocenters. The van der Waals surface area contributed by atoms with Crippen molar-refractivity contribution in [2.24, 2.45) is 0 Å². The summed E-state index contributed by atoms with van der Waals surface area (Å²) in [4.78, 5) is 13.1. The number of carbonyl (C=O) groups is 1. The Labute approximate surface area is 222 Å². The Bertz CT molecular complexity index is 1000. The molecule has 37 heavy (non-hydrogen) atoms. The summed E-state index contributed by atoms with van der Waals surface area (Å²) >= 11 is 0. The van der Waals surface area contributed by atoms with Crippen molar-refractivity contribution in [2.45, 2.75) is 103 Å². The molecule has 0 radical (unpaired) electrons. The summed E-state index contributed by atoms with van der Waals surface area (Å²) in [5.74, 6) is -1.97. The molecule has 0 bridgehead atoms. The number of carbonyl (C=O) groups excluding carboxylic acids is 1. The van der Waals surface area contributed by atoms with Crippen molar-refractivity contribution in [1.29, 1.82) is 0 Å². The van der Waals surface area contributed by atoms with Gasteiger partial charge in [-0.1, -0.05) is 13.0 Å². The van der Waals surface area contributed by atoms with Crippen LogP contribution in [0, 0.1) is 5.82 Å². The van der Waals surface area contributed by atoms with E-state index >= 15 is 0 Å². The summed E-state index contributed by atoms with van der Waals surface area (Å²) in [6.07, 6.45) is 2.64. The molecule has 2 rings (SSSR count). The molecule has 2 atom stereocenters. The summed E-state index contributed by atoms with van der Waals surface area (Å²) in [6, 6.07) is 4.11. The molecule has 0 spiro atoms. The fraction of sp³-hybridized carbons (Fsp3) is 0.731. The molecule has 0 aromatic heterocycles. The topological polar surface area (TPSA) is 102 Å². The highest BCUT2D eigenvalue weighted by Crippen LogP contribution is 2.30. The summed E-state index contributed by atoms with van der Waals surface area (Å²) in [5, 5.41) is 10.1. The van der Waals surface area contributed by atoms with Gasteiger partial charge in [0.1, 0.15) is 5.60 Å². The van der Waals surface area contributed by atoms with E-state index in [0.717, 1.165) is 25.7 Å². The van der Waals surface area contributed by atoms with Crippen molar-refractivity contribution in [1.82, 2.24) is 4.31 Å². The van der Waals surface area contributed by atoms with E-state index in [-0.39, 0.29) is 18.4 Å². The molecule has 8 nitrogen and oxygen atoms in total. The summed E-state index contributed by atoms with van der Waals surface area (Å²) < 4.78 is 59.8. The molecular weight excluding hydrogens is 517 g/mol. The van der Waals surface area contributed by atoms with E-state index < -0.39 is 60.2 Å². The second kappa shape index (κ2) is 12.9. The lowest BCUT2D eigenvalue weighted by molar-refractivity contribution is 0.0330. The Kier molecular flexibility index (Phi) is 11.0. The van der Waals surface area contributed by atoms with E-state index in [1.54, 1.807) is 20.8 Å². The molecular formula is C26H44FNO7SSi. The molecule has 212 valence electrons. The molecule has 0 heterocycles. The lowest BCUT2D eigenvalue weighted by Crippen LogP contribution is -2.48. The Morgan fingerprint density at radius 2 is 1.84 bits per heavy atom. The minimum atomic E-state index is -4.26. The van der Waals surface area contributed by atoms with Crippen LogP contribution in [-0.2, 0) is 19.2 Å². The van der Waals surface area contributed by atoms with Crippen LogP contribution in [0.2, 0.25) is 19.6 Å². The van der Waals surface area contributed by atoms with Crippen molar-refractivity contribution in [2.75, 3.05) is 18.9 Å². The maximum absolute atomic E-state index is 14.5. The average Bonchev–Trinajstić information content (AvgIpc) is 3.27. The van der Waals surface area contributed by atoms with Gasteiger partial charge >= 0.3 is 6.09 Å². The van der Waals surface area contributed by atoms with E-state index in [2.05, 4.69) is 0 Å². The molecule has 1 saturated carbocycles. The number of amides is 1. The number of nitrogens with zero attached hydrogens (tertiary/aromatic N) is 1. The van der Waals surface area contributed by atoms with Gasteiger partial charge in [-0.2, -0.15) is 0 Å². The van der Waals surface area contributed by atoms with Crippen LogP contribution in [0.15, 0.2) is 18.2 Å². The standard InChI is InChI=1S/C26H44FNO7SSi/c1-8-21(35-37(5,6)7)16-28(25(30)34-26(2,3)4)36(31,32)18-20(17-29)19-13-14-23(27)24(15-19)33-22-11-9-10-12-22/h13-15,20-22,29H,8-12,16-18H2,1-7H3/t20?,21-/m0/s1. The van der Waals surface area contributed by atoms with Crippen LogP contribution in [0.3, 0.4) is 0 Å². The maximum Gasteiger partial charge on any atom is 0.424 e. The fourth-order valence-corrected chi connectivity index (χ4v) is 7.08. The van der Waals surface area contributed by atoms with Crippen LogP contribution in [-0.4, -0.2) is 69.0 Å². The van der Waals surface area contributed by atoms with Gasteiger partial charge in [-0.15, -0.1) is 0 Å². The van der Waals surface area contributed by atoms with Crippen LogP contribution in [0.25, 0.3) is 0 Å². The molecule has 1 aliphatic rings. The lowest BCUT2D eigenvalue weighted by Gasteiger charge is -2.32. The molecule has 1 aromatic carbocycles. The van der Waals surface area contributed by atoms with Crippen LogP contribution in [0.4, 0.5) is 9.18 Å². The quantitative estimate of drug-likeness (QED) is 0.340. The van der Waals surface area contributed by atoms with Crippen LogP contribution < -0.4 is 4.74 Å². The maximum atomic E-state index is 14.5. The van der Waals surface area contributed by atoms with E-state index in [0.29, 0.717) is 16.3 Å². The van der Waals surface area contributed by atoms with Crippen LogP contribution in [0.1, 0.15) is 71.3 Å². The summed E-state index contributed by atoms with van der Waals surface area (Å²) in [7, 11) is -6.29. The first-order valence-corrected chi connectivity index (χ1v) is 18.0. The van der Waals surface area contributed by atoms with E-state index in [4.69, 9.17) is 13.9 Å². The summed E-state index contributed by atoms with van der Waals surface area (Å²) in [5.41, 5.74) is -0.499. The first-order chi connectivity index (χ1) is 17.0. The number of halogens is 1. The molecule has 1 N–H and O–H groups in total. The van der Waals surface area contributed by atoms with Crippen molar-refractivity contribution >= 4 is 24.4 Å². The average molecular weight is 562 g/mol. The van der Waals surface area contributed by atoms with Crippen molar-refractivity contribution < 1.29 is 36.6 Å². The largest absolute Gasteiger partial charge is 0.487 e. The van der Waals surface area contributed by atoms with Crippen molar-refractivity contribution in [3.63, 3.8) is 0 Å². The highest BCUT2D eigenvalue weighted by atomic mass is 32.2. The Hall–Kier alpha value is -1.69. The number of benzene rings is 1. The second-order valence-electron chi connectivity index (χ2n) is 11.6. The lowest BCUT2D eigenvalue weighted by atomic mass is 10.0. The van der Waals surface area contributed by atoms with Crippen LogP contribution >= 0.6 is 0 Å². The zero-order valence-electron chi connectivity index (χ0n) is 23.3. The SMILES string of the molecule is CC[C@@H](CN(C(=O)OC(C)(C)C)S(=O)(=O)CC(CO)c1ccc(F)c(OC2CCCC2)c1)O[Si](C)(C)C. The van der Waals surface area contributed by atoms with Gasteiger partial charge in [0.2, 0.25) is 10.0 Å². The van der Waals surface area contributed by atoms with Gasteiger partial charge in [0, 0.05) is 5.92 Å². The zero-order valence-corrected chi connectivity index (χ0v) is 25.1. The second-order valence-corrected chi connectivity index (χ2v) is 18.0. The molecule has 0 saturated heterocycles. The number of hydrogen-bond acceptors (Lipinski definition) is 7. The number of rotatable bonds is 12. The van der Waals surface area contributed by atoms with Gasteiger partial charge in [-0.3, -0.25) is 0 Å². The van der Waals surface area contributed by atoms with Gasteiger partial charge in [-0.25, -0.2) is 21.9 Å². The highest BCUT2D eigenvalue weighted by molar-refractivity contribution is 7.89. The van der Waals surface area contributed by atoms with Crippen molar-refractivity contribution in [3.8, 4) is 5.75 Å². The van der Waals surface area contributed by atoms with Crippen molar-refractivity contribution in [3.05, 3.63) is 29.6 Å². The first kappa shape index (κ1) is 31.5. The van der Waals surface area contributed by atoms with Gasteiger partial charge < -0.3 is 19.0 Å². The molecule has 11 heteroatoms. The number of sulfonamides is 1. The van der Waals surface area contributed by atoms with E-state index in [1.807, 2.05) is 26.6 Å². The Morgan fingerprint density at radius 1 is 1.22 bits per heavy atom. The Morgan fingerprint density at radius 3 is 2.35 bits per heavy atom. The minimum absolute atomic E-state index is 0.0406. The predicted molar refractivity (Wildman–Crippen MR) is 144 cm³/mol. The molecule has 1 amide bonds. The smallest absolute Gasteiger partial charge is 0.424 e. The zero-order chi connectivity index (χ0) is 28.0. The molecule has 1 fully saturated rings. The van der Waals surface area contributed by atoms with Crippen LogP contribution in [0.5, 0.6) is 5.75 Å². The summed E-state index contributed by atoms with van der Waals surface area (Å²) in [6.45, 7) is 12.1. The van der Waals surface area contributed by atoms with Gasteiger partial charge in [0.15, 0.2) is 19.9 Å². The molecule has 0 aliphatic heterocycles. The normalized spacial score (nSPS) is 16.9. The number of aliphatic hydroxyl groups excluding tert-OH is 1. The highest BCUT2D eigenvalue weighted by Gasteiger charge is 2.36.